The lowest BCUT2D eigenvalue weighted by atomic mass is 10.1. The predicted octanol–water partition coefficient (Wildman–Crippen LogP) is 4.39. The van der Waals surface area contributed by atoms with Crippen LogP contribution in [0.2, 0.25) is 0 Å². The summed E-state index contributed by atoms with van der Waals surface area (Å²) in [6.07, 6.45) is 2.71. The van der Waals surface area contributed by atoms with Crippen molar-refractivity contribution in [2.45, 2.75) is 45.6 Å². The van der Waals surface area contributed by atoms with Crippen molar-refractivity contribution in [1.29, 1.82) is 0 Å². The molecule has 0 fully saturated rings. The van der Waals surface area contributed by atoms with Crippen molar-refractivity contribution in [2.24, 2.45) is 0 Å². The molecule has 0 radical (unpaired) electrons. The van der Waals surface area contributed by atoms with Crippen LogP contribution in [0.3, 0.4) is 0 Å². The molecule has 0 aliphatic carbocycles. The number of carbonyl (C=O) groups excluding carboxylic acids is 1. The number of methoxy groups -OCH3 is 1. The van der Waals surface area contributed by atoms with E-state index in [0.717, 1.165) is 25.0 Å². The summed E-state index contributed by atoms with van der Waals surface area (Å²) in [6.45, 7) is 5.33. The van der Waals surface area contributed by atoms with Gasteiger partial charge in [0.1, 0.15) is 5.75 Å². The summed E-state index contributed by atoms with van der Waals surface area (Å²) in [4.78, 5) is 12.5. The Bertz CT molecular complexity index is 732. The Balaban J connectivity index is 1.82. The zero-order chi connectivity index (χ0) is 20.2. The Labute approximate surface area is 168 Å². The SMILES string of the molecule is CCCOc1ccccc1CCCNC(=O)[C@H](CC)Oc1ccccc1OC. The molecular weight excluding hydrogens is 354 g/mol. The van der Waals surface area contributed by atoms with Crippen LogP contribution in [0.15, 0.2) is 48.5 Å². The fourth-order valence-electron chi connectivity index (χ4n) is 2.86. The minimum absolute atomic E-state index is 0.107. The van der Waals surface area contributed by atoms with Crippen LogP contribution in [0.1, 0.15) is 38.7 Å². The van der Waals surface area contributed by atoms with Gasteiger partial charge in [0.25, 0.3) is 5.91 Å². The van der Waals surface area contributed by atoms with Crippen molar-refractivity contribution in [3.05, 3.63) is 54.1 Å². The number of aryl methyl sites for hydroxylation is 1. The van der Waals surface area contributed by atoms with Crippen LogP contribution in [0.5, 0.6) is 17.2 Å². The number of hydrogen-bond acceptors (Lipinski definition) is 4. The van der Waals surface area contributed by atoms with Gasteiger partial charge in [0.05, 0.1) is 13.7 Å². The first-order valence-corrected chi connectivity index (χ1v) is 9.97. The van der Waals surface area contributed by atoms with E-state index in [4.69, 9.17) is 14.2 Å². The third kappa shape index (κ3) is 6.48. The number of nitrogens with one attached hydrogen (secondary N) is 1. The first-order chi connectivity index (χ1) is 13.7. The number of amides is 1. The van der Waals surface area contributed by atoms with Gasteiger partial charge >= 0.3 is 0 Å². The predicted molar refractivity (Wildman–Crippen MR) is 111 cm³/mol. The second-order valence-electron chi connectivity index (χ2n) is 6.52. The number of hydrogen-bond donors (Lipinski definition) is 1. The second-order valence-corrected chi connectivity index (χ2v) is 6.52. The Morgan fingerprint density at radius 2 is 1.68 bits per heavy atom. The number of para-hydroxylation sites is 3. The maximum absolute atomic E-state index is 12.5. The smallest absolute Gasteiger partial charge is 0.261 e. The fourth-order valence-corrected chi connectivity index (χ4v) is 2.86. The molecule has 1 N–H and O–H groups in total. The topological polar surface area (TPSA) is 56.8 Å². The zero-order valence-electron chi connectivity index (χ0n) is 17.1. The van der Waals surface area contributed by atoms with Gasteiger partial charge < -0.3 is 19.5 Å². The molecule has 0 spiro atoms. The van der Waals surface area contributed by atoms with Crippen LogP contribution < -0.4 is 19.5 Å². The van der Waals surface area contributed by atoms with E-state index in [-0.39, 0.29) is 5.91 Å². The standard InChI is InChI=1S/C23H31NO4/c1-4-17-27-20-13-7-6-11-18(20)12-10-16-24-23(25)19(5-2)28-22-15-9-8-14-21(22)26-3/h6-9,11,13-15,19H,4-5,10,12,16-17H2,1-3H3,(H,24,25)/t19-/m0/s1. The molecule has 0 aromatic heterocycles. The van der Waals surface area contributed by atoms with E-state index in [2.05, 4.69) is 18.3 Å². The lowest BCUT2D eigenvalue weighted by Gasteiger charge is -2.19. The molecule has 1 amide bonds. The monoisotopic (exact) mass is 385 g/mol. The van der Waals surface area contributed by atoms with E-state index in [1.165, 1.54) is 5.56 Å². The molecule has 0 bridgehead atoms. The highest BCUT2D eigenvalue weighted by Crippen LogP contribution is 2.27. The molecule has 0 unspecified atom stereocenters. The summed E-state index contributed by atoms with van der Waals surface area (Å²) in [6, 6.07) is 15.4. The molecular formula is C23H31NO4. The highest BCUT2D eigenvalue weighted by atomic mass is 16.5. The van der Waals surface area contributed by atoms with Crippen LogP contribution in [0.4, 0.5) is 0 Å². The van der Waals surface area contributed by atoms with Crippen LogP contribution in [-0.2, 0) is 11.2 Å². The van der Waals surface area contributed by atoms with Crippen LogP contribution >= 0.6 is 0 Å². The zero-order valence-corrected chi connectivity index (χ0v) is 17.1. The van der Waals surface area contributed by atoms with Gasteiger partial charge in [0.2, 0.25) is 0 Å². The van der Waals surface area contributed by atoms with Crippen LogP contribution in [-0.4, -0.2) is 32.3 Å². The number of rotatable bonds is 12. The van der Waals surface area contributed by atoms with Gasteiger partial charge in [-0.3, -0.25) is 4.79 Å². The summed E-state index contributed by atoms with van der Waals surface area (Å²) < 4.78 is 16.9. The van der Waals surface area contributed by atoms with E-state index in [0.29, 0.717) is 31.1 Å². The summed E-state index contributed by atoms with van der Waals surface area (Å²) in [5, 5.41) is 2.98. The minimum Gasteiger partial charge on any atom is -0.493 e. The lowest BCUT2D eigenvalue weighted by molar-refractivity contribution is -0.128. The molecule has 0 heterocycles. The summed E-state index contributed by atoms with van der Waals surface area (Å²) in [5.41, 5.74) is 1.17. The first-order valence-electron chi connectivity index (χ1n) is 9.97. The third-order valence-corrected chi connectivity index (χ3v) is 4.36. The average Bonchev–Trinajstić information content (AvgIpc) is 2.74. The van der Waals surface area contributed by atoms with Gasteiger partial charge in [-0.25, -0.2) is 0 Å². The van der Waals surface area contributed by atoms with E-state index in [1.54, 1.807) is 7.11 Å². The highest BCUT2D eigenvalue weighted by molar-refractivity contribution is 5.81. The molecule has 2 rings (SSSR count). The second kappa shape index (κ2) is 11.9. The molecule has 5 nitrogen and oxygen atoms in total. The molecule has 2 aromatic carbocycles. The van der Waals surface area contributed by atoms with Crippen LogP contribution in [0.25, 0.3) is 0 Å². The summed E-state index contributed by atoms with van der Waals surface area (Å²) in [7, 11) is 1.59. The van der Waals surface area contributed by atoms with Gasteiger partial charge in [-0.1, -0.05) is 44.2 Å². The highest BCUT2D eigenvalue weighted by Gasteiger charge is 2.19. The largest absolute Gasteiger partial charge is 0.493 e. The minimum atomic E-state index is -0.545. The van der Waals surface area contributed by atoms with Crippen molar-refractivity contribution in [2.75, 3.05) is 20.3 Å². The van der Waals surface area contributed by atoms with E-state index >= 15 is 0 Å². The molecule has 1 atom stereocenters. The molecule has 0 saturated heterocycles. The molecule has 2 aromatic rings. The van der Waals surface area contributed by atoms with Gasteiger partial charge in [-0.05, 0) is 49.4 Å². The maximum atomic E-state index is 12.5. The molecule has 0 saturated carbocycles. The summed E-state index contributed by atoms with van der Waals surface area (Å²) >= 11 is 0. The molecule has 152 valence electrons. The number of ether oxygens (including phenoxy) is 3. The fraction of sp³-hybridized carbons (Fsp3) is 0.435. The number of carbonyl (C=O) groups is 1. The van der Waals surface area contributed by atoms with Crippen molar-refractivity contribution in [1.82, 2.24) is 5.32 Å². The number of benzene rings is 2. The van der Waals surface area contributed by atoms with Crippen molar-refractivity contribution < 1.29 is 19.0 Å². The van der Waals surface area contributed by atoms with Gasteiger partial charge in [-0.15, -0.1) is 0 Å². The van der Waals surface area contributed by atoms with Crippen molar-refractivity contribution in [3.8, 4) is 17.2 Å². The van der Waals surface area contributed by atoms with Crippen molar-refractivity contribution >= 4 is 5.91 Å². The van der Waals surface area contributed by atoms with Gasteiger partial charge in [-0.2, -0.15) is 0 Å². The molecule has 5 heteroatoms. The maximum Gasteiger partial charge on any atom is 0.261 e. The van der Waals surface area contributed by atoms with Gasteiger partial charge in [0, 0.05) is 6.54 Å². The molecule has 28 heavy (non-hydrogen) atoms. The van der Waals surface area contributed by atoms with E-state index < -0.39 is 6.10 Å². The Kier molecular flexibility index (Phi) is 9.19. The molecule has 0 aliphatic heterocycles. The van der Waals surface area contributed by atoms with E-state index in [1.807, 2.05) is 49.4 Å². The average molecular weight is 386 g/mol. The normalized spacial score (nSPS) is 11.5. The molecule has 0 aliphatic rings. The quantitative estimate of drug-likeness (QED) is 0.551. The Morgan fingerprint density at radius 3 is 2.36 bits per heavy atom. The van der Waals surface area contributed by atoms with Crippen LogP contribution in [0, 0.1) is 0 Å². The van der Waals surface area contributed by atoms with Crippen molar-refractivity contribution in [3.63, 3.8) is 0 Å². The third-order valence-electron chi connectivity index (χ3n) is 4.36. The lowest BCUT2D eigenvalue weighted by Crippen LogP contribution is -2.38. The Morgan fingerprint density at radius 1 is 1.00 bits per heavy atom. The summed E-state index contributed by atoms with van der Waals surface area (Å²) in [5.74, 6) is 2.02. The Hall–Kier alpha value is -2.69. The first kappa shape index (κ1) is 21.6. The van der Waals surface area contributed by atoms with Gasteiger partial charge in [0.15, 0.2) is 17.6 Å². The van der Waals surface area contributed by atoms with E-state index in [9.17, 15) is 4.79 Å².